The molecule has 0 aliphatic carbocycles. The van der Waals surface area contributed by atoms with Gasteiger partial charge in [-0.3, -0.25) is 0 Å². The molecule has 7 nitrogen and oxygen atoms in total. The Labute approximate surface area is 212 Å². The Bertz CT molecular complexity index is 1350. The molecule has 36 heavy (non-hydrogen) atoms. The molecule has 0 radical (unpaired) electrons. The highest BCUT2D eigenvalue weighted by molar-refractivity contribution is 7.92. The lowest BCUT2D eigenvalue weighted by molar-refractivity contribution is 0.0392. The van der Waals surface area contributed by atoms with E-state index in [0.29, 0.717) is 18.1 Å². The van der Waals surface area contributed by atoms with Crippen LogP contribution in [-0.4, -0.2) is 56.6 Å². The molecule has 1 atom stereocenters. The monoisotopic (exact) mass is 506 g/mol. The fraction of sp³-hybridized carbons (Fsp3) is 0.333. The Morgan fingerprint density at radius 2 is 2.03 bits per heavy atom. The summed E-state index contributed by atoms with van der Waals surface area (Å²) in [6.07, 6.45) is 6.63. The molecule has 2 saturated heterocycles. The van der Waals surface area contributed by atoms with Gasteiger partial charge in [0.25, 0.3) is 0 Å². The number of rotatable bonds is 4. The van der Waals surface area contributed by atoms with E-state index >= 15 is 0 Å². The number of piperidine rings is 1. The quantitative estimate of drug-likeness (QED) is 0.495. The van der Waals surface area contributed by atoms with Gasteiger partial charge in [-0.25, -0.2) is 9.37 Å². The number of halogens is 1. The number of methoxy groups -OCH3 is 1. The van der Waals surface area contributed by atoms with Gasteiger partial charge < -0.3 is 23.6 Å². The van der Waals surface area contributed by atoms with Gasteiger partial charge in [0.15, 0.2) is 5.84 Å². The normalized spacial score (nSPS) is 26.3. The van der Waals surface area contributed by atoms with Gasteiger partial charge in [-0.1, -0.05) is 34.5 Å². The Morgan fingerprint density at radius 1 is 1.22 bits per heavy atom. The maximum Gasteiger partial charge on any atom is 0.172 e. The van der Waals surface area contributed by atoms with Crippen molar-refractivity contribution < 1.29 is 18.5 Å². The summed E-state index contributed by atoms with van der Waals surface area (Å²) in [5, 5.41) is 4.46. The molecule has 1 spiro atoms. The van der Waals surface area contributed by atoms with Crippen LogP contribution in [0, 0.1) is 18.2 Å². The first-order valence-corrected chi connectivity index (χ1v) is 13.4. The molecule has 4 heterocycles. The maximum atomic E-state index is 13.6. The molecule has 1 unspecified atom stereocenters. The van der Waals surface area contributed by atoms with Gasteiger partial charge in [-0.2, -0.15) is 0 Å². The molecule has 1 aromatic heterocycles. The summed E-state index contributed by atoms with van der Waals surface area (Å²) in [5.74, 6) is 2.60. The zero-order valence-corrected chi connectivity index (χ0v) is 21.0. The third kappa shape index (κ3) is 4.16. The standard InChI is InChI=1S/C27H27FN4O3S/c1-18-12-31(17-29-18)23-8-3-19(10-25(23)34-2)9-21-11-27(15-36(33)16-27)14-32-24(13-35-30-26(21)32)20-4-6-22(28)7-5-20/h3-10,12,17,24H,11,13-16H2,1-2H3/b21-9+. The van der Waals surface area contributed by atoms with Crippen molar-refractivity contribution in [3.8, 4) is 11.4 Å². The Morgan fingerprint density at radius 3 is 2.72 bits per heavy atom. The van der Waals surface area contributed by atoms with E-state index in [1.54, 1.807) is 25.6 Å². The first-order valence-electron chi connectivity index (χ1n) is 11.9. The van der Waals surface area contributed by atoms with Crippen molar-refractivity contribution in [2.75, 3.05) is 31.8 Å². The predicted octanol–water partition coefficient (Wildman–Crippen LogP) is 4.25. The molecule has 0 amide bonds. The predicted molar refractivity (Wildman–Crippen MR) is 137 cm³/mol. The van der Waals surface area contributed by atoms with E-state index in [2.05, 4.69) is 21.1 Å². The van der Waals surface area contributed by atoms with Crippen molar-refractivity contribution in [2.24, 2.45) is 10.6 Å². The highest BCUT2D eigenvalue weighted by Crippen LogP contribution is 2.47. The van der Waals surface area contributed by atoms with Gasteiger partial charge in [0.05, 0.1) is 36.3 Å². The molecule has 0 bridgehead atoms. The number of fused-ring (bicyclic) bond motifs is 1. The van der Waals surface area contributed by atoms with Gasteiger partial charge in [-0.15, -0.1) is 0 Å². The van der Waals surface area contributed by atoms with Crippen LogP contribution in [0.3, 0.4) is 0 Å². The Balaban J connectivity index is 1.37. The van der Waals surface area contributed by atoms with Crippen molar-refractivity contribution in [3.05, 3.63) is 83.2 Å². The van der Waals surface area contributed by atoms with Crippen molar-refractivity contribution in [3.63, 3.8) is 0 Å². The fourth-order valence-corrected chi connectivity index (χ4v) is 7.12. The molecule has 2 aromatic carbocycles. The van der Waals surface area contributed by atoms with Crippen LogP contribution in [0.5, 0.6) is 5.75 Å². The van der Waals surface area contributed by atoms with Crippen LogP contribution in [0.25, 0.3) is 11.8 Å². The second-order valence-electron chi connectivity index (χ2n) is 9.83. The summed E-state index contributed by atoms with van der Waals surface area (Å²) in [6, 6.07) is 12.5. The zero-order valence-electron chi connectivity index (χ0n) is 20.2. The highest BCUT2D eigenvalue weighted by Gasteiger charge is 2.55. The number of amidine groups is 1. The first-order chi connectivity index (χ1) is 17.4. The van der Waals surface area contributed by atoms with Crippen molar-refractivity contribution in [2.45, 2.75) is 19.4 Å². The van der Waals surface area contributed by atoms with Crippen LogP contribution < -0.4 is 4.74 Å². The minimum atomic E-state index is -0.792. The van der Waals surface area contributed by atoms with Gasteiger partial charge in [0.2, 0.25) is 0 Å². The third-order valence-electron chi connectivity index (χ3n) is 7.11. The second kappa shape index (κ2) is 8.97. The number of aryl methyl sites for hydroxylation is 1. The summed E-state index contributed by atoms with van der Waals surface area (Å²) >= 11 is -0.792. The lowest BCUT2D eigenvalue weighted by Gasteiger charge is -2.52. The topological polar surface area (TPSA) is 74.9 Å². The average molecular weight is 507 g/mol. The minimum Gasteiger partial charge on any atom is -0.616 e. The molecule has 3 aliphatic rings. The number of hydrogen-bond acceptors (Lipinski definition) is 6. The third-order valence-corrected chi connectivity index (χ3v) is 8.98. The molecule has 186 valence electrons. The molecule has 3 aliphatic heterocycles. The Hall–Kier alpha value is -3.30. The van der Waals surface area contributed by atoms with Crippen LogP contribution in [0.1, 0.15) is 29.3 Å². The lowest BCUT2D eigenvalue weighted by Crippen LogP contribution is -2.61. The number of ether oxygens (including phenoxy) is 1. The number of oxime groups is 1. The molecule has 3 aromatic rings. The summed E-state index contributed by atoms with van der Waals surface area (Å²) in [6.45, 7) is 3.09. The summed E-state index contributed by atoms with van der Waals surface area (Å²) in [5.41, 5.74) is 4.77. The van der Waals surface area contributed by atoms with Crippen LogP contribution >= 0.6 is 0 Å². The lowest BCUT2D eigenvalue weighted by atomic mass is 9.78. The van der Waals surface area contributed by atoms with Crippen LogP contribution in [0.15, 0.2) is 65.7 Å². The smallest absolute Gasteiger partial charge is 0.172 e. The molecular weight excluding hydrogens is 479 g/mol. The molecule has 0 saturated carbocycles. The van der Waals surface area contributed by atoms with Crippen molar-refractivity contribution in [1.29, 1.82) is 0 Å². The van der Waals surface area contributed by atoms with E-state index in [0.717, 1.165) is 52.6 Å². The van der Waals surface area contributed by atoms with Gasteiger partial charge in [0, 0.05) is 12.7 Å². The van der Waals surface area contributed by atoms with E-state index in [9.17, 15) is 8.94 Å². The molecule has 2 fully saturated rings. The summed E-state index contributed by atoms with van der Waals surface area (Å²) in [7, 11) is 1.66. The van der Waals surface area contributed by atoms with E-state index in [4.69, 9.17) is 9.57 Å². The van der Waals surface area contributed by atoms with Crippen molar-refractivity contribution >= 4 is 23.1 Å². The zero-order chi connectivity index (χ0) is 24.9. The van der Waals surface area contributed by atoms with E-state index in [1.165, 1.54) is 12.1 Å². The van der Waals surface area contributed by atoms with Gasteiger partial charge >= 0.3 is 0 Å². The van der Waals surface area contributed by atoms with Crippen LogP contribution in [0.4, 0.5) is 4.39 Å². The summed E-state index contributed by atoms with van der Waals surface area (Å²) in [4.78, 5) is 12.3. The molecule has 6 rings (SSSR count). The highest BCUT2D eigenvalue weighted by atomic mass is 32.2. The first kappa shape index (κ1) is 23.1. The maximum absolute atomic E-state index is 13.6. The average Bonchev–Trinajstić information content (AvgIpc) is 3.29. The van der Waals surface area contributed by atoms with Crippen LogP contribution in [-0.2, 0) is 16.0 Å². The minimum absolute atomic E-state index is 0.0658. The largest absolute Gasteiger partial charge is 0.616 e. The van der Waals surface area contributed by atoms with Crippen molar-refractivity contribution in [1.82, 2.24) is 14.5 Å². The number of hydrogen-bond donors (Lipinski definition) is 0. The fourth-order valence-electron chi connectivity index (χ4n) is 5.45. The van der Waals surface area contributed by atoms with Gasteiger partial charge in [0.1, 0.15) is 29.7 Å². The number of aromatic nitrogens is 2. The number of imidazole rings is 1. The SMILES string of the molecule is COc1cc(/C=C2\CC3(CN4C2=NOCC4c2ccc(F)cc2)C[S+]([O-])C3)ccc1-n1cnc(C)c1. The summed E-state index contributed by atoms with van der Waals surface area (Å²) < 4.78 is 33.4. The van der Waals surface area contributed by atoms with E-state index in [1.807, 2.05) is 35.9 Å². The van der Waals surface area contributed by atoms with Crippen LogP contribution in [0.2, 0.25) is 0 Å². The molecular formula is C27H27FN4O3S. The number of nitrogens with zero attached hydrogens (tertiary/aromatic N) is 4. The van der Waals surface area contributed by atoms with E-state index < -0.39 is 11.2 Å². The second-order valence-corrected chi connectivity index (χ2v) is 11.3. The van der Waals surface area contributed by atoms with E-state index in [-0.39, 0.29) is 17.3 Å². The molecule has 0 N–H and O–H groups in total. The van der Waals surface area contributed by atoms with Gasteiger partial charge in [-0.05, 0) is 60.4 Å². The number of benzene rings is 2. The molecule has 9 heteroatoms. The Kier molecular flexibility index (Phi) is 5.76.